The lowest BCUT2D eigenvalue weighted by Crippen LogP contribution is -2.22. The number of nitrogens with zero attached hydrogens (tertiary/aromatic N) is 1. The minimum atomic E-state index is 0.713. The van der Waals surface area contributed by atoms with E-state index in [1.165, 1.54) is 16.5 Å². The minimum Gasteiger partial charge on any atom is -0.347 e. The highest BCUT2D eigenvalue weighted by Crippen LogP contribution is 2.22. The zero-order valence-corrected chi connectivity index (χ0v) is 13.4. The van der Waals surface area contributed by atoms with Crippen LogP contribution >= 0.6 is 0 Å². The number of hydrogen-bond acceptors (Lipinski definition) is 1. The Morgan fingerprint density at radius 2 is 2.10 bits per heavy atom. The number of aromatic nitrogens is 1. The summed E-state index contributed by atoms with van der Waals surface area (Å²) in [5.41, 5.74) is 2.82. The molecule has 1 aromatic heterocycles. The van der Waals surface area contributed by atoms with Gasteiger partial charge in [0.15, 0.2) is 0 Å². The summed E-state index contributed by atoms with van der Waals surface area (Å²) in [4.78, 5) is 0. The summed E-state index contributed by atoms with van der Waals surface area (Å²) < 4.78 is 2.40. The van der Waals surface area contributed by atoms with E-state index in [1.54, 1.807) is 0 Å². The monoisotopic (exact) mass is 284 g/mol. The van der Waals surface area contributed by atoms with Crippen molar-refractivity contribution >= 4 is 10.9 Å². The largest absolute Gasteiger partial charge is 0.347 e. The fourth-order valence-corrected chi connectivity index (χ4v) is 2.73. The SMILES string of the molecule is C=CCCCn1cc(CCNCC(C)C)c2ccccc21. The quantitative estimate of drug-likeness (QED) is 0.533. The van der Waals surface area contributed by atoms with Crippen LogP contribution in [0.4, 0.5) is 0 Å². The molecular weight excluding hydrogens is 256 g/mol. The molecule has 114 valence electrons. The average molecular weight is 284 g/mol. The number of aryl methyl sites for hydroxylation is 1. The van der Waals surface area contributed by atoms with Crippen LogP contribution in [0.25, 0.3) is 10.9 Å². The summed E-state index contributed by atoms with van der Waals surface area (Å²) >= 11 is 0. The molecule has 0 aliphatic rings. The number of nitrogens with one attached hydrogen (secondary N) is 1. The number of para-hydroxylation sites is 1. The minimum absolute atomic E-state index is 0.713. The first-order chi connectivity index (χ1) is 10.2. The van der Waals surface area contributed by atoms with Gasteiger partial charge in [0.2, 0.25) is 0 Å². The molecule has 0 saturated carbocycles. The van der Waals surface area contributed by atoms with Crippen LogP contribution < -0.4 is 5.32 Å². The molecule has 2 heteroatoms. The molecule has 0 aliphatic heterocycles. The lowest BCUT2D eigenvalue weighted by atomic mass is 10.1. The molecule has 2 nitrogen and oxygen atoms in total. The molecule has 0 unspecified atom stereocenters. The van der Waals surface area contributed by atoms with E-state index in [0.29, 0.717) is 5.92 Å². The Kier molecular flexibility index (Phi) is 6.06. The van der Waals surface area contributed by atoms with E-state index in [2.05, 4.69) is 60.8 Å². The van der Waals surface area contributed by atoms with Gasteiger partial charge in [-0.3, -0.25) is 0 Å². The average Bonchev–Trinajstić information content (AvgIpc) is 2.82. The van der Waals surface area contributed by atoms with E-state index in [4.69, 9.17) is 0 Å². The lowest BCUT2D eigenvalue weighted by Gasteiger charge is -2.06. The Labute approximate surface area is 128 Å². The summed E-state index contributed by atoms with van der Waals surface area (Å²) in [6.07, 6.45) is 7.68. The number of unbranched alkanes of at least 4 members (excludes halogenated alkanes) is 1. The van der Waals surface area contributed by atoms with E-state index >= 15 is 0 Å². The molecule has 0 spiro atoms. The molecule has 1 N–H and O–H groups in total. The zero-order valence-electron chi connectivity index (χ0n) is 13.4. The van der Waals surface area contributed by atoms with Crippen molar-refractivity contribution in [2.75, 3.05) is 13.1 Å². The molecule has 0 atom stereocenters. The standard InChI is InChI=1S/C19H28N2/c1-4-5-8-13-21-15-17(11-12-20-14-16(2)3)18-9-6-7-10-19(18)21/h4,6-7,9-10,15-16,20H,1,5,8,11-14H2,2-3H3. The van der Waals surface area contributed by atoms with Gasteiger partial charge < -0.3 is 9.88 Å². The van der Waals surface area contributed by atoms with E-state index < -0.39 is 0 Å². The van der Waals surface area contributed by atoms with Crippen LogP contribution in [0.15, 0.2) is 43.1 Å². The molecule has 2 aromatic rings. The van der Waals surface area contributed by atoms with E-state index in [0.717, 1.165) is 38.9 Å². The molecule has 0 radical (unpaired) electrons. The second-order valence-electron chi connectivity index (χ2n) is 6.14. The van der Waals surface area contributed by atoms with E-state index in [-0.39, 0.29) is 0 Å². The van der Waals surface area contributed by atoms with Crippen molar-refractivity contribution in [1.82, 2.24) is 9.88 Å². The van der Waals surface area contributed by atoms with Crippen LogP contribution in [0.1, 0.15) is 32.3 Å². The van der Waals surface area contributed by atoms with Crippen LogP contribution in [-0.4, -0.2) is 17.7 Å². The van der Waals surface area contributed by atoms with Crippen molar-refractivity contribution in [1.29, 1.82) is 0 Å². The Morgan fingerprint density at radius 1 is 1.29 bits per heavy atom. The topological polar surface area (TPSA) is 17.0 Å². The Balaban J connectivity index is 2.06. The predicted octanol–water partition coefficient (Wildman–Crippen LogP) is 4.40. The van der Waals surface area contributed by atoms with Gasteiger partial charge in [0, 0.05) is 23.6 Å². The van der Waals surface area contributed by atoms with Gasteiger partial charge in [-0.2, -0.15) is 0 Å². The normalized spacial score (nSPS) is 11.4. The van der Waals surface area contributed by atoms with Crippen LogP contribution in [0, 0.1) is 5.92 Å². The fourth-order valence-electron chi connectivity index (χ4n) is 2.73. The first kappa shape index (κ1) is 15.8. The Bertz CT molecular complexity index is 566. The maximum atomic E-state index is 3.81. The fraction of sp³-hybridized carbons (Fsp3) is 0.474. The lowest BCUT2D eigenvalue weighted by molar-refractivity contribution is 0.554. The third-order valence-electron chi connectivity index (χ3n) is 3.80. The van der Waals surface area contributed by atoms with Crippen LogP contribution in [0.2, 0.25) is 0 Å². The third kappa shape index (κ3) is 4.47. The first-order valence-corrected chi connectivity index (χ1v) is 8.10. The van der Waals surface area contributed by atoms with Crippen molar-refractivity contribution in [3.05, 3.63) is 48.7 Å². The Morgan fingerprint density at radius 3 is 2.86 bits per heavy atom. The number of benzene rings is 1. The smallest absolute Gasteiger partial charge is 0.0483 e. The first-order valence-electron chi connectivity index (χ1n) is 8.10. The summed E-state index contributed by atoms with van der Waals surface area (Å²) in [5.74, 6) is 0.713. The molecule has 2 rings (SSSR count). The van der Waals surface area contributed by atoms with E-state index in [9.17, 15) is 0 Å². The van der Waals surface area contributed by atoms with Crippen LogP contribution in [-0.2, 0) is 13.0 Å². The molecule has 0 amide bonds. The summed E-state index contributed by atoms with van der Waals surface area (Å²) in [6, 6.07) is 8.75. The third-order valence-corrected chi connectivity index (χ3v) is 3.80. The molecule has 0 saturated heterocycles. The van der Waals surface area contributed by atoms with Crippen molar-refractivity contribution in [3.63, 3.8) is 0 Å². The number of fused-ring (bicyclic) bond motifs is 1. The second-order valence-corrected chi connectivity index (χ2v) is 6.14. The predicted molar refractivity (Wildman–Crippen MR) is 92.8 cm³/mol. The van der Waals surface area contributed by atoms with Gasteiger partial charge in [-0.05, 0) is 49.9 Å². The van der Waals surface area contributed by atoms with Crippen molar-refractivity contribution in [2.24, 2.45) is 5.92 Å². The number of hydrogen-bond donors (Lipinski definition) is 1. The highest BCUT2D eigenvalue weighted by Gasteiger charge is 2.07. The van der Waals surface area contributed by atoms with Gasteiger partial charge in [-0.15, -0.1) is 6.58 Å². The molecular formula is C19H28N2. The van der Waals surface area contributed by atoms with Gasteiger partial charge in [0.25, 0.3) is 0 Å². The number of allylic oxidation sites excluding steroid dienone is 1. The molecule has 0 fully saturated rings. The summed E-state index contributed by atoms with van der Waals surface area (Å²) in [5, 5.41) is 4.94. The highest BCUT2D eigenvalue weighted by molar-refractivity contribution is 5.84. The van der Waals surface area contributed by atoms with E-state index in [1.807, 2.05) is 6.08 Å². The second kappa shape index (κ2) is 8.04. The number of rotatable bonds is 9. The molecule has 1 aromatic carbocycles. The molecule has 0 bridgehead atoms. The highest BCUT2D eigenvalue weighted by atomic mass is 15.0. The van der Waals surface area contributed by atoms with Crippen LogP contribution in [0.3, 0.4) is 0 Å². The summed E-state index contributed by atoms with van der Waals surface area (Å²) in [7, 11) is 0. The maximum Gasteiger partial charge on any atom is 0.0483 e. The van der Waals surface area contributed by atoms with Crippen molar-refractivity contribution < 1.29 is 0 Å². The Hall–Kier alpha value is -1.54. The van der Waals surface area contributed by atoms with Crippen molar-refractivity contribution in [3.8, 4) is 0 Å². The van der Waals surface area contributed by atoms with Crippen molar-refractivity contribution in [2.45, 2.75) is 39.7 Å². The molecule has 1 heterocycles. The van der Waals surface area contributed by atoms with Gasteiger partial charge in [0.1, 0.15) is 0 Å². The summed E-state index contributed by atoms with van der Waals surface area (Å²) in [6.45, 7) is 11.5. The van der Waals surface area contributed by atoms with Gasteiger partial charge >= 0.3 is 0 Å². The van der Waals surface area contributed by atoms with Crippen LogP contribution in [0.5, 0.6) is 0 Å². The maximum absolute atomic E-state index is 3.81. The van der Waals surface area contributed by atoms with Gasteiger partial charge in [-0.1, -0.05) is 38.1 Å². The molecule has 21 heavy (non-hydrogen) atoms. The zero-order chi connectivity index (χ0) is 15.1. The van der Waals surface area contributed by atoms with Gasteiger partial charge in [0.05, 0.1) is 0 Å². The molecule has 0 aliphatic carbocycles. The van der Waals surface area contributed by atoms with Gasteiger partial charge in [-0.25, -0.2) is 0 Å².